The van der Waals surface area contributed by atoms with Crippen LogP contribution in [0.15, 0.2) is 16.7 Å². The number of nitro benzene ring substituents is 1. The highest BCUT2D eigenvalue weighted by molar-refractivity contribution is 6.34. The second kappa shape index (κ2) is 5.41. The maximum atomic E-state index is 12.1. The van der Waals surface area contributed by atoms with Crippen molar-refractivity contribution in [2.24, 2.45) is 0 Å². The number of benzene rings is 1. The molecular weight excluding hydrogens is 300 g/mol. The predicted molar refractivity (Wildman–Crippen MR) is 76.4 cm³/mol. The Hall–Kier alpha value is -2.61. The largest absolute Gasteiger partial charge is 0.392 e. The summed E-state index contributed by atoms with van der Waals surface area (Å²) in [5, 5.41) is 17.0. The molecule has 0 aliphatic rings. The van der Waals surface area contributed by atoms with Gasteiger partial charge in [-0.15, -0.1) is 0 Å². The van der Waals surface area contributed by atoms with E-state index in [0.717, 1.165) is 6.07 Å². The van der Waals surface area contributed by atoms with Gasteiger partial charge in [-0.3, -0.25) is 20.2 Å². The first-order chi connectivity index (χ1) is 9.81. The quantitative estimate of drug-likeness (QED) is 0.510. The summed E-state index contributed by atoms with van der Waals surface area (Å²) in [7, 11) is 0. The molecule has 2 rings (SSSR count). The van der Waals surface area contributed by atoms with Crippen LogP contribution < -0.4 is 11.1 Å². The van der Waals surface area contributed by atoms with Crippen LogP contribution in [0.5, 0.6) is 0 Å². The lowest BCUT2D eigenvalue weighted by atomic mass is 10.1. The fraction of sp³-hybridized carbons (Fsp3) is 0.167. The van der Waals surface area contributed by atoms with E-state index in [2.05, 4.69) is 10.5 Å². The SMILES string of the molecule is Cc1noc(NC(=O)c2cc(Cl)c(N)c([N+](=O)[O-])c2)c1C. The van der Waals surface area contributed by atoms with Gasteiger partial charge in [-0.25, -0.2) is 0 Å². The molecule has 0 unspecified atom stereocenters. The van der Waals surface area contributed by atoms with Crippen molar-refractivity contribution in [3.63, 3.8) is 0 Å². The first kappa shape index (κ1) is 14.8. The molecule has 1 heterocycles. The molecule has 0 aliphatic heterocycles. The predicted octanol–water partition coefficient (Wildman–Crippen LogP) is 2.69. The molecule has 9 heteroatoms. The Kier molecular flexibility index (Phi) is 3.81. The lowest BCUT2D eigenvalue weighted by molar-refractivity contribution is -0.383. The van der Waals surface area contributed by atoms with Crippen molar-refractivity contribution in [1.82, 2.24) is 5.16 Å². The van der Waals surface area contributed by atoms with E-state index in [4.69, 9.17) is 21.9 Å². The highest BCUT2D eigenvalue weighted by Crippen LogP contribution is 2.31. The molecular formula is C12H11ClN4O4. The number of nitro groups is 1. The second-order valence-electron chi connectivity index (χ2n) is 4.32. The van der Waals surface area contributed by atoms with E-state index in [1.807, 2.05) is 0 Å². The number of hydrogen-bond acceptors (Lipinski definition) is 6. The van der Waals surface area contributed by atoms with Gasteiger partial charge in [-0.1, -0.05) is 16.8 Å². The average Bonchev–Trinajstić information content (AvgIpc) is 2.73. The molecule has 0 atom stereocenters. The van der Waals surface area contributed by atoms with Gasteiger partial charge in [0.25, 0.3) is 11.6 Å². The third-order valence-electron chi connectivity index (χ3n) is 2.95. The molecule has 0 bridgehead atoms. The number of hydrogen-bond donors (Lipinski definition) is 2. The van der Waals surface area contributed by atoms with E-state index in [1.54, 1.807) is 13.8 Å². The van der Waals surface area contributed by atoms with Crippen molar-refractivity contribution < 1.29 is 14.2 Å². The summed E-state index contributed by atoms with van der Waals surface area (Å²) < 4.78 is 4.95. The summed E-state index contributed by atoms with van der Waals surface area (Å²) in [4.78, 5) is 22.3. The maximum absolute atomic E-state index is 12.1. The van der Waals surface area contributed by atoms with Crippen LogP contribution >= 0.6 is 11.6 Å². The van der Waals surface area contributed by atoms with Crippen molar-refractivity contribution in [1.29, 1.82) is 0 Å². The summed E-state index contributed by atoms with van der Waals surface area (Å²) in [6.07, 6.45) is 0. The number of nitrogens with one attached hydrogen (secondary N) is 1. The number of anilines is 2. The third-order valence-corrected chi connectivity index (χ3v) is 3.26. The van der Waals surface area contributed by atoms with Crippen LogP contribution in [-0.2, 0) is 0 Å². The van der Waals surface area contributed by atoms with E-state index in [0.29, 0.717) is 11.3 Å². The number of carbonyl (C=O) groups is 1. The first-order valence-corrected chi connectivity index (χ1v) is 6.16. The number of halogens is 1. The lowest BCUT2D eigenvalue weighted by Crippen LogP contribution is -2.13. The Morgan fingerprint density at radius 1 is 1.48 bits per heavy atom. The molecule has 0 saturated carbocycles. The topological polar surface area (TPSA) is 124 Å². The van der Waals surface area contributed by atoms with Gasteiger partial charge < -0.3 is 10.3 Å². The first-order valence-electron chi connectivity index (χ1n) is 5.79. The molecule has 2 aromatic rings. The summed E-state index contributed by atoms with van der Waals surface area (Å²) >= 11 is 5.80. The lowest BCUT2D eigenvalue weighted by Gasteiger charge is -2.05. The van der Waals surface area contributed by atoms with Gasteiger partial charge in [0.15, 0.2) is 0 Å². The zero-order chi connectivity index (χ0) is 15.7. The average molecular weight is 311 g/mol. The summed E-state index contributed by atoms with van der Waals surface area (Å²) in [5.74, 6) is -0.438. The molecule has 0 aliphatic carbocycles. The molecule has 0 saturated heterocycles. The number of aromatic nitrogens is 1. The molecule has 0 spiro atoms. The van der Waals surface area contributed by atoms with Crippen molar-refractivity contribution >= 4 is 34.8 Å². The van der Waals surface area contributed by atoms with Gasteiger partial charge in [0, 0.05) is 17.2 Å². The monoisotopic (exact) mass is 310 g/mol. The normalized spacial score (nSPS) is 10.4. The van der Waals surface area contributed by atoms with Crippen LogP contribution in [0.3, 0.4) is 0 Å². The Bertz CT molecular complexity index is 741. The molecule has 1 aromatic carbocycles. The minimum atomic E-state index is -0.707. The van der Waals surface area contributed by atoms with Gasteiger partial charge in [0.05, 0.1) is 15.6 Å². The number of nitrogens with zero attached hydrogens (tertiary/aromatic N) is 2. The van der Waals surface area contributed by atoms with Crippen LogP contribution in [0, 0.1) is 24.0 Å². The minimum absolute atomic E-state index is 0.00523. The standard InChI is InChI=1S/C12H11ClN4O4/c1-5-6(2)16-21-12(5)15-11(18)7-3-8(13)10(14)9(4-7)17(19)20/h3-4H,14H2,1-2H3,(H,15,18). The highest BCUT2D eigenvalue weighted by Gasteiger charge is 2.21. The van der Waals surface area contributed by atoms with Crippen LogP contribution in [0.2, 0.25) is 5.02 Å². The van der Waals surface area contributed by atoms with Crippen molar-refractivity contribution in [2.75, 3.05) is 11.1 Å². The van der Waals surface area contributed by atoms with Crippen LogP contribution in [0.1, 0.15) is 21.6 Å². The Morgan fingerprint density at radius 3 is 2.67 bits per heavy atom. The Labute approximate surface area is 124 Å². The van der Waals surface area contributed by atoms with E-state index >= 15 is 0 Å². The van der Waals surface area contributed by atoms with Crippen LogP contribution in [0.25, 0.3) is 0 Å². The van der Waals surface area contributed by atoms with Gasteiger partial charge in [0.1, 0.15) is 5.69 Å². The number of rotatable bonds is 3. The zero-order valence-corrected chi connectivity index (χ0v) is 11.9. The summed E-state index contributed by atoms with van der Waals surface area (Å²) in [6.45, 7) is 3.44. The third kappa shape index (κ3) is 2.79. The second-order valence-corrected chi connectivity index (χ2v) is 4.73. The van der Waals surface area contributed by atoms with Crippen LogP contribution in [-0.4, -0.2) is 16.0 Å². The fourth-order valence-corrected chi connectivity index (χ4v) is 1.81. The number of amides is 1. The number of aryl methyl sites for hydroxylation is 1. The van der Waals surface area contributed by atoms with Crippen LogP contribution in [0.4, 0.5) is 17.3 Å². The molecule has 1 aromatic heterocycles. The molecule has 21 heavy (non-hydrogen) atoms. The van der Waals surface area contributed by atoms with E-state index in [9.17, 15) is 14.9 Å². The van der Waals surface area contributed by atoms with Crippen molar-refractivity contribution in [3.8, 4) is 0 Å². The van der Waals surface area contributed by atoms with Gasteiger partial charge >= 0.3 is 0 Å². The molecule has 3 N–H and O–H groups in total. The van der Waals surface area contributed by atoms with Gasteiger partial charge in [-0.2, -0.15) is 0 Å². The molecule has 0 fully saturated rings. The highest BCUT2D eigenvalue weighted by atomic mass is 35.5. The Morgan fingerprint density at radius 2 is 2.14 bits per heavy atom. The van der Waals surface area contributed by atoms with Crippen molar-refractivity contribution in [3.05, 3.63) is 44.1 Å². The zero-order valence-electron chi connectivity index (χ0n) is 11.1. The maximum Gasteiger partial charge on any atom is 0.294 e. The number of carbonyl (C=O) groups excluding carboxylic acids is 1. The molecule has 8 nitrogen and oxygen atoms in total. The molecule has 110 valence electrons. The number of nitrogen functional groups attached to an aromatic ring is 1. The molecule has 1 amide bonds. The van der Waals surface area contributed by atoms with Gasteiger partial charge in [-0.05, 0) is 19.9 Å². The Balaban J connectivity index is 2.36. The minimum Gasteiger partial charge on any atom is -0.392 e. The van der Waals surface area contributed by atoms with Gasteiger partial charge in [0.2, 0.25) is 5.88 Å². The number of nitrogens with two attached hydrogens (primary N) is 1. The fourth-order valence-electron chi connectivity index (χ4n) is 1.59. The smallest absolute Gasteiger partial charge is 0.294 e. The summed E-state index contributed by atoms with van der Waals surface area (Å²) in [6, 6.07) is 2.30. The van der Waals surface area contributed by atoms with E-state index in [-0.39, 0.29) is 22.2 Å². The van der Waals surface area contributed by atoms with E-state index < -0.39 is 16.5 Å². The van der Waals surface area contributed by atoms with Crippen molar-refractivity contribution in [2.45, 2.75) is 13.8 Å². The molecule has 0 radical (unpaired) electrons. The van der Waals surface area contributed by atoms with E-state index in [1.165, 1.54) is 6.07 Å². The summed E-state index contributed by atoms with van der Waals surface area (Å²) in [5.41, 5.74) is 6.17.